The van der Waals surface area contributed by atoms with Crippen LogP contribution in [0.4, 0.5) is 0 Å². The molecule has 22 heavy (non-hydrogen) atoms. The van der Waals surface area contributed by atoms with E-state index in [4.69, 9.17) is 14.2 Å². The summed E-state index contributed by atoms with van der Waals surface area (Å²) in [7, 11) is 0. The summed E-state index contributed by atoms with van der Waals surface area (Å²) in [5, 5.41) is 10.6. The van der Waals surface area contributed by atoms with Crippen molar-refractivity contribution in [3.05, 3.63) is 23.3 Å². The summed E-state index contributed by atoms with van der Waals surface area (Å²) in [5.74, 6) is -1.01. The van der Waals surface area contributed by atoms with Crippen LogP contribution in [0.25, 0.3) is 0 Å². The molecule has 0 bridgehead atoms. The molecule has 0 spiro atoms. The summed E-state index contributed by atoms with van der Waals surface area (Å²) in [6.07, 6.45) is 1.51. The standard InChI is InChI=1S/C16H16O6/c1-15-7-4-9(17)20-5-6(7)3-8-11(15)16(2,14(19)21-8)12(18)10-13(15)22-10/h3-4,8,10-13,18H,5H2,1-2H3/t8-,10+,11-,12-,13+,15+,16+/m0/s1. The van der Waals surface area contributed by atoms with E-state index in [0.717, 1.165) is 11.1 Å². The lowest BCUT2D eigenvalue weighted by Crippen LogP contribution is -2.60. The minimum Gasteiger partial charge on any atom is -0.458 e. The summed E-state index contributed by atoms with van der Waals surface area (Å²) in [6.45, 7) is 3.96. The third kappa shape index (κ3) is 1.15. The van der Waals surface area contributed by atoms with E-state index in [-0.39, 0.29) is 30.7 Å². The summed E-state index contributed by atoms with van der Waals surface area (Å²) in [6, 6.07) is 0. The Balaban J connectivity index is 1.78. The molecule has 0 aromatic heterocycles. The maximum atomic E-state index is 12.5. The van der Waals surface area contributed by atoms with Gasteiger partial charge in [-0.15, -0.1) is 0 Å². The van der Waals surface area contributed by atoms with Gasteiger partial charge in [0.05, 0.1) is 12.2 Å². The number of hydrogen-bond acceptors (Lipinski definition) is 6. The molecule has 116 valence electrons. The number of fused-ring (bicyclic) bond motifs is 4. The summed E-state index contributed by atoms with van der Waals surface area (Å²) in [4.78, 5) is 24.2. The zero-order chi connectivity index (χ0) is 15.4. The lowest BCUT2D eigenvalue weighted by atomic mass is 9.49. The van der Waals surface area contributed by atoms with Gasteiger partial charge in [0.2, 0.25) is 0 Å². The number of carbonyl (C=O) groups excluding carboxylic acids is 2. The average Bonchev–Trinajstić information content (AvgIpc) is 3.22. The van der Waals surface area contributed by atoms with Crippen molar-refractivity contribution in [3.63, 3.8) is 0 Å². The number of aliphatic hydroxyl groups excluding tert-OH is 1. The van der Waals surface area contributed by atoms with E-state index >= 15 is 0 Å². The first-order valence-corrected chi connectivity index (χ1v) is 7.53. The number of hydrogen-bond donors (Lipinski definition) is 1. The van der Waals surface area contributed by atoms with Gasteiger partial charge in [-0.2, -0.15) is 0 Å². The van der Waals surface area contributed by atoms with Gasteiger partial charge in [0, 0.05) is 17.4 Å². The van der Waals surface area contributed by atoms with Crippen molar-refractivity contribution in [2.45, 2.75) is 38.3 Å². The van der Waals surface area contributed by atoms with Gasteiger partial charge in [-0.05, 0) is 24.1 Å². The zero-order valence-electron chi connectivity index (χ0n) is 12.2. The van der Waals surface area contributed by atoms with E-state index in [1.807, 2.05) is 13.0 Å². The molecule has 6 heteroatoms. The predicted molar refractivity (Wildman–Crippen MR) is 71.4 cm³/mol. The number of carbonyl (C=O) groups is 2. The number of cyclic esters (lactones) is 1. The summed E-state index contributed by atoms with van der Waals surface area (Å²) < 4.78 is 16.4. The highest BCUT2D eigenvalue weighted by molar-refractivity contribution is 5.87. The van der Waals surface area contributed by atoms with Crippen molar-refractivity contribution in [1.82, 2.24) is 0 Å². The van der Waals surface area contributed by atoms with Crippen LogP contribution in [0.2, 0.25) is 0 Å². The molecule has 5 aliphatic rings. The molecule has 5 rings (SSSR count). The Morgan fingerprint density at radius 1 is 1.27 bits per heavy atom. The van der Waals surface area contributed by atoms with Gasteiger partial charge in [-0.3, -0.25) is 4.79 Å². The van der Waals surface area contributed by atoms with Gasteiger partial charge in [0.25, 0.3) is 0 Å². The van der Waals surface area contributed by atoms with Crippen LogP contribution in [0.3, 0.4) is 0 Å². The molecular weight excluding hydrogens is 288 g/mol. The van der Waals surface area contributed by atoms with Crippen LogP contribution in [-0.2, 0) is 23.8 Å². The molecule has 7 atom stereocenters. The smallest absolute Gasteiger partial charge is 0.331 e. The van der Waals surface area contributed by atoms with Gasteiger partial charge in [0.15, 0.2) is 0 Å². The topological polar surface area (TPSA) is 85.4 Å². The largest absolute Gasteiger partial charge is 0.458 e. The van der Waals surface area contributed by atoms with E-state index in [9.17, 15) is 14.7 Å². The number of aliphatic hydroxyl groups is 1. The van der Waals surface area contributed by atoms with Crippen LogP contribution in [0, 0.1) is 16.7 Å². The third-order valence-corrected chi connectivity index (χ3v) is 6.27. The Labute approximate surface area is 126 Å². The lowest BCUT2D eigenvalue weighted by Gasteiger charge is -2.51. The first-order chi connectivity index (χ1) is 10.4. The monoisotopic (exact) mass is 304 g/mol. The van der Waals surface area contributed by atoms with E-state index in [1.165, 1.54) is 6.08 Å². The normalized spacial score (nSPS) is 54.2. The lowest BCUT2D eigenvalue weighted by molar-refractivity contribution is -0.154. The molecule has 2 aliphatic carbocycles. The quantitative estimate of drug-likeness (QED) is 0.505. The van der Waals surface area contributed by atoms with E-state index < -0.39 is 29.0 Å². The molecule has 0 unspecified atom stereocenters. The fraction of sp³-hybridized carbons (Fsp3) is 0.625. The number of ether oxygens (including phenoxy) is 3. The maximum Gasteiger partial charge on any atom is 0.331 e. The SMILES string of the molecule is C[C@@]12C3=CC(=O)OCC3=C[C@@H]3OC(=O)[C@](C)([C@@H]31)[C@@H](O)[C@H]1O[C@H]12. The molecule has 0 amide bonds. The minimum atomic E-state index is -1.01. The van der Waals surface area contributed by atoms with Crippen LogP contribution >= 0.6 is 0 Å². The van der Waals surface area contributed by atoms with Gasteiger partial charge in [-0.1, -0.05) is 6.92 Å². The summed E-state index contributed by atoms with van der Waals surface area (Å²) >= 11 is 0. The van der Waals surface area contributed by atoms with Gasteiger partial charge in [0.1, 0.15) is 24.2 Å². The predicted octanol–water partition coefficient (Wildman–Crippen LogP) is 0.106. The van der Waals surface area contributed by atoms with Gasteiger partial charge in [-0.25, -0.2) is 4.79 Å². The van der Waals surface area contributed by atoms with E-state index in [0.29, 0.717) is 0 Å². The van der Waals surface area contributed by atoms with Crippen LogP contribution in [0.1, 0.15) is 13.8 Å². The first kappa shape index (κ1) is 12.8. The van der Waals surface area contributed by atoms with Gasteiger partial charge >= 0.3 is 11.9 Å². The first-order valence-electron chi connectivity index (χ1n) is 7.53. The molecule has 1 N–H and O–H groups in total. The number of esters is 2. The van der Waals surface area contributed by atoms with Crippen molar-refractivity contribution >= 4 is 11.9 Å². The van der Waals surface area contributed by atoms with Crippen molar-refractivity contribution in [3.8, 4) is 0 Å². The molecule has 6 nitrogen and oxygen atoms in total. The highest BCUT2D eigenvalue weighted by Crippen LogP contribution is 2.68. The second-order valence-electron chi connectivity index (χ2n) is 7.24. The van der Waals surface area contributed by atoms with Crippen LogP contribution in [0.15, 0.2) is 23.3 Å². The van der Waals surface area contributed by atoms with E-state index in [2.05, 4.69) is 0 Å². The Kier molecular flexibility index (Phi) is 2.02. The second kappa shape index (κ2) is 3.46. The fourth-order valence-electron chi connectivity index (χ4n) is 5.19. The molecule has 1 saturated carbocycles. The number of epoxide rings is 1. The van der Waals surface area contributed by atoms with E-state index in [1.54, 1.807) is 6.92 Å². The Morgan fingerprint density at radius 2 is 2.05 bits per heavy atom. The van der Waals surface area contributed by atoms with Crippen molar-refractivity contribution in [2.75, 3.05) is 6.61 Å². The van der Waals surface area contributed by atoms with Crippen LogP contribution in [0.5, 0.6) is 0 Å². The maximum absolute atomic E-state index is 12.5. The third-order valence-electron chi connectivity index (χ3n) is 6.27. The molecule has 0 radical (unpaired) electrons. The van der Waals surface area contributed by atoms with Crippen molar-refractivity contribution < 1.29 is 28.9 Å². The Hall–Kier alpha value is -1.66. The molecular formula is C16H16O6. The molecule has 3 fully saturated rings. The zero-order valence-corrected chi connectivity index (χ0v) is 12.2. The van der Waals surface area contributed by atoms with Crippen molar-refractivity contribution in [2.24, 2.45) is 16.7 Å². The highest BCUT2D eigenvalue weighted by Gasteiger charge is 2.78. The van der Waals surface area contributed by atoms with Gasteiger partial charge < -0.3 is 19.3 Å². The molecule has 2 saturated heterocycles. The van der Waals surface area contributed by atoms with Crippen LogP contribution < -0.4 is 0 Å². The fourth-order valence-corrected chi connectivity index (χ4v) is 5.19. The number of rotatable bonds is 0. The molecule has 3 heterocycles. The Bertz CT molecular complexity index is 693. The molecule has 3 aliphatic heterocycles. The molecule has 0 aromatic rings. The van der Waals surface area contributed by atoms with Crippen molar-refractivity contribution in [1.29, 1.82) is 0 Å². The van der Waals surface area contributed by atoms with Crippen LogP contribution in [-0.4, -0.2) is 48.1 Å². The highest BCUT2D eigenvalue weighted by atomic mass is 16.6. The average molecular weight is 304 g/mol. The summed E-state index contributed by atoms with van der Waals surface area (Å²) in [5.41, 5.74) is 0.209. The second-order valence-corrected chi connectivity index (χ2v) is 7.24. The Morgan fingerprint density at radius 3 is 2.82 bits per heavy atom. The minimum absolute atomic E-state index is 0.192. The molecule has 0 aromatic carbocycles.